The fourth-order valence-corrected chi connectivity index (χ4v) is 3.42. The molecule has 1 aliphatic rings. The van der Waals surface area contributed by atoms with E-state index in [1.807, 2.05) is 32.0 Å². The van der Waals surface area contributed by atoms with Gasteiger partial charge >= 0.3 is 6.03 Å². The molecule has 0 bridgehead atoms. The van der Waals surface area contributed by atoms with Crippen LogP contribution in [0.2, 0.25) is 5.02 Å². The maximum atomic E-state index is 12.6. The molecule has 3 amide bonds. The second kappa shape index (κ2) is 9.65. The Morgan fingerprint density at radius 3 is 2.59 bits per heavy atom. The molecule has 0 spiro atoms. The number of aryl methyl sites for hydroxylation is 2. The number of anilines is 1. The molecule has 0 saturated carbocycles. The number of hydrogen-bond donors (Lipinski definition) is 1. The third kappa shape index (κ3) is 5.87. The second-order valence-corrected chi connectivity index (χ2v) is 7.66. The number of nitrogens with zero attached hydrogens (tertiary/aromatic N) is 2. The van der Waals surface area contributed by atoms with Crippen molar-refractivity contribution >= 4 is 29.2 Å². The molecule has 0 aromatic heterocycles. The van der Waals surface area contributed by atoms with E-state index in [9.17, 15) is 9.59 Å². The zero-order valence-electron chi connectivity index (χ0n) is 16.8. The zero-order valence-corrected chi connectivity index (χ0v) is 17.5. The number of hydrogen-bond acceptors (Lipinski definition) is 3. The lowest BCUT2D eigenvalue weighted by Crippen LogP contribution is -2.40. The molecule has 2 aromatic rings. The summed E-state index contributed by atoms with van der Waals surface area (Å²) in [5.74, 6) is 0.665. The molecule has 1 heterocycles. The van der Waals surface area contributed by atoms with Gasteiger partial charge in [-0.1, -0.05) is 29.8 Å². The number of rotatable bonds is 4. The summed E-state index contributed by atoms with van der Waals surface area (Å²) in [6.45, 7) is 6.11. The Morgan fingerprint density at radius 1 is 1.03 bits per heavy atom. The van der Waals surface area contributed by atoms with Gasteiger partial charge in [0, 0.05) is 36.9 Å². The molecule has 1 fully saturated rings. The molecule has 3 rings (SSSR count). The van der Waals surface area contributed by atoms with Crippen LogP contribution in [0.5, 0.6) is 5.75 Å². The lowest BCUT2D eigenvalue weighted by Gasteiger charge is -2.22. The molecule has 7 heteroatoms. The smallest absolute Gasteiger partial charge is 0.321 e. The molecule has 1 aliphatic heterocycles. The second-order valence-electron chi connectivity index (χ2n) is 7.22. The monoisotopic (exact) mass is 415 g/mol. The summed E-state index contributed by atoms with van der Waals surface area (Å²) < 4.78 is 5.74. The Morgan fingerprint density at radius 2 is 1.79 bits per heavy atom. The first-order chi connectivity index (χ1) is 13.9. The highest BCUT2D eigenvalue weighted by atomic mass is 35.5. The van der Waals surface area contributed by atoms with Crippen LogP contribution in [-0.2, 0) is 4.79 Å². The van der Waals surface area contributed by atoms with Gasteiger partial charge in [-0.05, 0) is 55.7 Å². The third-order valence-electron chi connectivity index (χ3n) is 4.91. The van der Waals surface area contributed by atoms with Gasteiger partial charge in [0.1, 0.15) is 5.75 Å². The number of ether oxygens (including phenoxy) is 1. The first-order valence-electron chi connectivity index (χ1n) is 9.72. The summed E-state index contributed by atoms with van der Waals surface area (Å²) in [4.78, 5) is 28.6. The Labute approximate surface area is 176 Å². The van der Waals surface area contributed by atoms with Crippen molar-refractivity contribution < 1.29 is 14.3 Å². The van der Waals surface area contributed by atoms with E-state index in [0.717, 1.165) is 23.3 Å². The third-order valence-corrected chi connectivity index (χ3v) is 5.14. The topological polar surface area (TPSA) is 61.9 Å². The maximum absolute atomic E-state index is 12.6. The SMILES string of the molecule is Cc1ccc(C)c(OCC(=O)N2CCCN(C(=O)Nc3cccc(Cl)c3)CC2)c1. The molecule has 1 saturated heterocycles. The Balaban J connectivity index is 1.51. The minimum Gasteiger partial charge on any atom is -0.483 e. The van der Waals surface area contributed by atoms with Gasteiger partial charge in [-0.15, -0.1) is 0 Å². The number of carbonyl (C=O) groups excluding carboxylic acids is 2. The summed E-state index contributed by atoms with van der Waals surface area (Å²) >= 11 is 5.97. The van der Waals surface area contributed by atoms with E-state index in [-0.39, 0.29) is 18.5 Å². The molecule has 0 atom stereocenters. The predicted octanol–water partition coefficient (Wildman–Crippen LogP) is 4.10. The predicted molar refractivity (Wildman–Crippen MR) is 115 cm³/mol. The van der Waals surface area contributed by atoms with E-state index in [1.165, 1.54) is 0 Å². The van der Waals surface area contributed by atoms with Gasteiger partial charge in [-0.25, -0.2) is 4.79 Å². The fourth-order valence-electron chi connectivity index (χ4n) is 3.23. The van der Waals surface area contributed by atoms with Crippen LogP contribution in [0, 0.1) is 13.8 Å². The average molecular weight is 416 g/mol. The number of halogens is 1. The molecule has 0 aliphatic carbocycles. The molecule has 2 aromatic carbocycles. The standard InChI is InChI=1S/C22H26ClN3O3/c1-16-7-8-17(2)20(13-16)29-15-21(27)25-9-4-10-26(12-11-25)22(28)24-19-6-3-5-18(23)14-19/h3,5-8,13-14H,4,9-12,15H2,1-2H3,(H,24,28). The van der Waals surface area contributed by atoms with Crippen molar-refractivity contribution in [3.63, 3.8) is 0 Å². The van der Waals surface area contributed by atoms with Crippen LogP contribution in [0.1, 0.15) is 17.5 Å². The molecular weight excluding hydrogens is 390 g/mol. The van der Waals surface area contributed by atoms with Crippen LogP contribution >= 0.6 is 11.6 Å². The van der Waals surface area contributed by atoms with Crippen LogP contribution in [0.25, 0.3) is 0 Å². The molecule has 154 valence electrons. The molecule has 29 heavy (non-hydrogen) atoms. The number of amides is 3. The summed E-state index contributed by atoms with van der Waals surface area (Å²) in [5, 5.41) is 3.43. The summed E-state index contributed by atoms with van der Waals surface area (Å²) in [5.41, 5.74) is 2.75. The molecule has 0 unspecified atom stereocenters. The van der Waals surface area contributed by atoms with E-state index in [0.29, 0.717) is 36.9 Å². The first kappa shape index (κ1) is 21.0. The minimum absolute atomic E-state index is 0.000988. The van der Waals surface area contributed by atoms with E-state index in [4.69, 9.17) is 16.3 Å². The summed E-state index contributed by atoms with van der Waals surface area (Å²) in [6, 6.07) is 12.8. The average Bonchev–Trinajstić information content (AvgIpc) is 2.95. The number of nitrogens with one attached hydrogen (secondary N) is 1. The largest absolute Gasteiger partial charge is 0.483 e. The minimum atomic E-state index is -0.187. The number of carbonyl (C=O) groups is 2. The highest BCUT2D eigenvalue weighted by Gasteiger charge is 2.22. The highest BCUT2D eigenvalue weighted by Crippen LogP contribution is 2.19. The molecule has 1 N–H and O–H groups in total. The fraction of sp³-hybridized carbons (Fsp3) is 0.364. The molecule has 6 nitrogen and oxygen atoms in total. The van der Waals surface area contributed by atoms with E-state index in [2.05, 4.69) is 5.32 Å². The van der Waals surface area contributed by atoms with E-state index >= 15 is 0 Å². The number of benzene rings is 2. The van der Waals surface area contributed by atoms with Crippen LogP contribution in [0.3, 0.4) is 0 Å². The van der Waals surface area contributed by atoms with Crippen molar-refractivity contribution in [1.82, 2.24) is 9.80 Å². The Kier molecular flexibility index (Phi) is 6.99. The molecule has 0 radical (unpaired) electrons. The maximum Gasteiger partial charge on any atom is 0.321 e. The van der Waals surface area contributed by atoms with Crippen molar-refractivity contribution in [1.29, 1.82) is 0 Å². The first-order valence-corrected chi connectivity index (χ1v) is 10.1. The zero-order chi connectivity index (χ0) is 20.8. The van der Waals surface area contributed by atoms with Gasteiger partial charge in [0.15, 0.2) is 6.61 Å². The van der Waals surface area contributed by atoms with Crippen LogP contribution in [0.15, 0.2) is 42.5 Å². The van der Waals surface area contributed by atoms with Gasteiger partial charge in [-0.3, -0.25) is 4.79 Å². The van der Waals surface area contributed by atoms with Crippen molar-refractivity contribution in [2.75, 3.05) is 38.1 Å². The van der Waals surface area contributed by atoms with E-state index in [1.54, 1.807) is 34.1 Å². The van der Waals surface area contributed by atoms with Gasteiger partial charge in [-0.2, -0.15) is 0 Å². The molecular formula is C22H26ClN3O3. The lowest BCUT2D eigenvalue weighted by molar-refractivity contribution is -0.133. The van der Waals surface area contributed by atoms with Crippen LogP contribution in [-0.4, -0.2) is 54.5 Å². The lowest BCUT2D eigenvalue weighted by atomic mass is 10.1. The van der Waals surface area contributed by atoms with Crippen molar-refractivity contribution in [2.45, 2.75) is 20.3 Å². The Hall–Kier alpha value is -2.73. The van der Waals surface area contributed by atoms with E-state index < -0.39 is 0 Å². The number of urea groups is 1. The van der Waals surface area contributed by atoms with Gasteiger partial charge in [0.2, 0.25) is 0 Å². The highest BCUT2D eigenvalue weighted by molar-refractivity contribution is 6.30. The Bertz CT molecular complexity index is 887. The van der Waals surface area contributed by atoms with Crippen LogP contribution < -0.4 is 10.1 Å². The summed E-state index contributed by atoms with van der Waals surface area (Å²) in [7, 11) is 0. The van der Waals surface area contributed by atoms with Crippen molar-refractivity contribution in [3.8, 4) is 5.75 Å². The quantitative estimate of drug-likeness (QED) is 0.817. The summed E-state index contributed by atoms with van der Waals surface area (Å²) in [6.07, 6.45) is 0.720. The van der Waals surface area contributed by atoms with Gasteiger partial charge < -0.3 is 19.9 Å². The van der Waals surface area contributed by atoms with Gasteiger partial charge in [0.05, 0.1) is 0 Å². The van der Waals surface area contributed by atoms with Crippen molar-refractivity contribution in [3.05, 3.63) is 58.6 Å². The normalized spacial score (nSPS) is 14.3. The van der Waals surface area contributed by atoms with Crippen molar-refractivity contribution in [2.24, 2.45) is 0 Å². The van der Waals surface area contributed by atoms with Crippen LogP contribution in [0.4, 0.5) is 10.5 Å². The van der Waals surface area contributed by atoms with Gasteiger partial charge in [0.25, 0.3) is 5.91 Å².